The van der Waals surface area contributed by atoms with Crippen molar-refractivity contribution in [3.8, 4) is 11.5 Å². The first-order valence-electron chi connectivity index (χ1n) is 7.22. The van der Waals surface area contributed by atoms with Crippen molar-refractivity contribution in [3.05, 3.63) is 23.8 Å². The molecular weight excluding hydrogens is 278 g/mol. The lowest BCUT2D eigenvalue weighted by Crippen LogP contribution is -2.32. The molecule has 2 rings (SSSR count). The molecule has 0 amide bonds. The van der Waals surface area contributed by atoms with Crippen LogP contribution in [0.3, 0.4) is 0 Å². The number of benzene rings is 1. The van der Waals surface area contributed by atoms with Gasteiger partial charge in [0.2, 0.25) is 5.92 Å². The number of ether oxygens (including phenoxy) is 2. The van der Waals surface area contributed by atoms with Gasteiger partial charge in [-0.3, -0.25) is 0 Å². The fourth-order valence-corrected chi connectivity index (χ4v) is 2.86. The number of aliphatic hydroxyl groups excluding tert-OH is 1. The SMILES string of the molecule is COc1ccc(CC(O)C2CCC(F)(F)CC2)cc1OC. The van der Waals surface area contributed by atoms with Crippen LogP contribution in [-0.2, 0) is 6.42 Å². The van der Waals surface area contributed by atoms with Crippen LogP contribution in [0.15, 0.2) is 18.2 Å². The predicted octanol–water partition coefficient (Wildman–Crippen LogP) is 3.43. The number of hydrogen-bond donors (Lipinski definition) is 1. The van der Waals surface area contributed by atoms with Gasteiger partial charge in [0, 0.05) is 12.8 Å². The minimum atomic E-state index is -2.56. The number of methoxy groups -OCH3 is 2. The zero-order chi connectivity index (χ0) is 15.5. The molecule has 0 aliphatic heterocycles. The topological polar surface area (TPSA) is 38.7 Å². The normalized spacial score (nSPS) is 20.0. The molecule has 0 aromatic heterocycles. The highest BCUT2D eigenvalue weighted by Crippen LogP contribution is 2.38. The average molecular weight is 300 g/mol. The van der Waals surface area contributed by atoms with Crippen molar-refractivity contribution in [2.75, 3.05) is 14.2 Å². The fourth-order valence-electron chi connectivity index (χ4n) is 2.86. The maximum absolute atomic E-state index is 13.1. The van der Waals surface area contributed by atoms with E-state index in [0.29, 0.717) is 30.8 Å². The summed E-state index contributed by atoms with van der Waals surface area (Å²) in [4.78, 5) is 0. The smallest absolute Gasteiger partial charge is 0.248 e. The molecule has 0 bridgehead atoms. The lowest BCUT2D eigenvalue weighted by molar-refractivity contribution is -0.0619. The Morgan fingerprint density at radius 3 is 2.38 bits per heavy atom. The summed E-state index contributed by atoms with van der Waals surface area (Å²) in [5.41, 5.74) is 0.914. The van der Waals surface area contributed by atoms with Gasteiger partial charge in [-0.25, -0.2) is 8.78 Å². The van der Waals surface area contributed by atoms with Gasteiger partial charge in [-0.15, -0.1) is 0 Å². The molecule has 5 heteroatoms. The van der Waals surface area contributed by atoms with E-state index in [-0.39, 0.29) is 18.8 Å². The molecule has 1 aliphatic carbocycles. The Balaban J connectivity index is 1.98. The van der Waals surface area contributed by atoms with Gasteiger partial charge in [-0.2, -0.15) is 0 Å². The Hall–Kier alpha value is -1.36. The van der Waals surface area contributed by atoms with Gasteiger partial charge in [-0.05, 0) is 42.9 Å². The molecule has 21 heavy (non-hydrogen) atoms. The van der Waals surface area contributed by atoms with Crippen molar-refractivity contribution >= 4 is 0 Å². The first kappa shape index (κ1) is 16.0. The van der Waals surface area contributed by atoms with Gasteiger partial charge in [0.15, 0.2) is 11.5 Å². The minimum Gasteiger partial charge on any atom is -0.493 e. The summed E-state index contributed by atoms with van der Waals surface area (Å²) in [5.74, 6) is -1.37. The lowest BCUT2D eigenvalue weighted by Gasteiger charge is -2.31. The molecule has 118 valence electrons. The number of hydrogen-bond acceptors (Lipinski definition) is 3. The highest BCUT2D eigenvalue weighted by molar-refractivity contribution is 5.43. The van der Waals surface area contributed by atoms with Crippen molar-refractivity contribution in [2.24, 2.45) is 5.92 Å². The van der Waals surface area contributed by atoms with Crippen molar-refractivity contribution in [2.45, 2.75) is 44.1 Å². The molecule has 1 unspecified atom stereocenters. The number of rotatable bonds is 5. The second kappa shape index (κ2) is 6.60. The number of halogens is 2. The van der Waals surface area contributed by atoms with Crippen molar-refractivity contribution in [3.63, 3.8) is 0 Å². The van der Waals surface area contributed by atoms with Crippen LogP contribution in [0.2, 0.25) is 0 Å². The standard InChI is InChI=1S/C16H22F2O3/c1-20-14-4-3-11(10-15(14)21-2)9-13(19)12-5-7-16(17,18)8-6-12/h3-4,10,12-13,19H,5-9H2,1-2H3. The third-order valence-corrected chi connectivity index (χ3v) is 4.20. The summed E-state index contributed by atoms with van der Waals surface area (Å²) >= 11 is 0. The predicted molar refractivity (Wildman–Crippen MR) is 76.2 cm³/mol. The van der Waals surface area contributed by atoms with Crippen LogP contribution in [-0.4, -0.2) is 31.4 Å². The third-order valence-electron chi connectivity index (χ3n) is 4.20. The van der Waals surface area contributed by atoms with E-state index < -0.39 is 12.0 Å². The summed E-state index contributed by atoms with van der Waals surface area (Å²) in [6.07, 6.45) is 0.347. The van der Waals surface area contributed by atoms with E-state index in [1.807, 2.05) is 12.1 Å². The summed E-state index contributed by atoms with van der Waals surface area (Å²) in [6, 6.07) is 5.47. The van der Waals surface area contributed by atoms with Crippen molar-refractivity contribution < 1.29 is 23.4 Å². The maximum atomic E-state index is 13.1. The largest absolute Gasteiger partial charge is 0.493 e. The van der Waals surface area contributed by atoms with Crippen LogP contribution in [0.1, 0.15) is 31.2 Å². The van der Waals surface area contributed by atoms with E-state index in [0.717, 1.165) is 5.56 Å². The Morgan fingerprint density at radius 2 is 1.81 bits per heavy atom. The highest BCUT2D eigenvalue weighted by atomic mass is 19.3. The molecule has 3 nitrogen and oxygen atoms in total. The summed E-state index contributed by atoms with van der Waals surface area (Å²) in [7, 11) is 3.12. The molecule has 0 spiro atoms. The second-order valence-electron chi connectivity index (χ2n) is 5.65. The Labute approximate surface area is 123 Å². The Morgan fingerprint density at radius 1 is 1.19 bits per heavy atom. The monoisotopic (exact) mass is 300 g/mol. The van der Waals surface area contributed by atoms with Crippen molar-refractivity contribution in [1.29, 1.82) is 0 Å². The molecule has 1 aliphatic rings. The first-order chi connectivity index (χ1) is 9.95. The molecule has 0 heterocycles. The summed E-state index contributed by atoms with van der Waals surface area (Å²) in [6.45, 7) is 0. The molecule has 1 saturated carbocycles. The van der Waals surface area contributed by atoms with E-state index >= 15 is 0 Å². The Bertz CT molecular complexity index is 467. The van der Waals surface area contributed by atoms with Gasteiger partial charge >= 0.3 is 0 Å². The van der Waals surface area contributed by atoms with Gasteiger partial charge in [0.25, 0.3) is 0 Å². The zero-order valence-electron chi connectivity index (χ0n) is 12.4. The molecular formula is C16H22F2O3. The maximum Gasteiger partial charge on any atom is 0.248 e. The molecule has 1 aromatic rings. The molecule has 1 fully saturated rings. The summed E-state index contributed by atoms with van der Waals surface area (Å²) in [5, 5.41) is 10.3. The lowest BCUT2D eigenvalue weighted by atomic mass is 9.81. The molecule has 1 atom stereocenters. The third kappa shape index (κ3) is 4.06. The van der Waals surface area contributed by atoms with Crippen LogP contribution in [0.25, 0.3) is 0 Å². The van der Waals surface area contributed by atoms with E-state index in [1.165, 1.54) is 0 Å². The molecule has 0 saturated heterocycles. The highest BCUT2D eigenvalue weighted by Gasteiger charge is 2.37. The van der Waals surface area contributed by atoms with Crippen LogP contribution >= 0.6 is 0 Å². The van der Waals surface area contributed by atoms with Crippen LogP contribution < -0.4 is 9.47 Å². The summed E-state index contributed by atoms with van der Waals surface area (Å²) < 4.78 is 36.7. The average Bonchev–Trinajstić information content (AvgIpc) is 2.46. The first-order valence-corrected chi connectivity index (χ1v) is 7.22. The zero-order valence-corrected chi connectivity index (χ0v) is 12.4. The quantitative estimate of drug-likeness (QED) is 0.905. The molecule has 0 radical (unpaired) electrons. The number of alkyl halides is 2. The second-order valence-corrected chi connectivity index (χ2v) is 5.65. The van der Waals surface area contributed by atoms with Gasteiger partial charge in [-0.1, -0.05) is 6.07 Å². The van der Waals surface area contributed by atoms with Crippen LogP contribution in [0.4, 0.5) is 8.78 Å². The van der Waals surface area contributed by atoms with E-state index in [9.17, 15) is 13.9 Å². The fraction of sp³-hybridized carbons (Fsp3) is 0.625. The van der Waals surface area contributed by atoms with Crippen LogP contribution in [0, 0.1) is 5.92 Å². The Kier molecular flexibility index (Phi) is 5.04. The van der Waals surface area contributed by atoms with Crippen LogP contribution in [0.5, 0.6) is 11.5 Å². The van der Waals surface area contributed by atoms with Gasteiger partial charge < -0.3 is 14.6 Å². The van der Waals surface area contributed by atoms with Crippen molar-refractivity contribution in [1.82, 2.24) is 0 Å². The van der Waals surface area contributed by atoms with Gasteiger partial charge in [0.1, 0.15) is 0 Å². The van der Waals surface area contributed by atoms with E-state index in [1.54, 1.807) is 20.3 Å². The minimum absolute atomic E-state index is 0.0577. The van der Waals surface area contributed by atoms with E-state index in [2.05, 4.69) is 0 Å². The number of aliphatic hydroxyl groups is 1. The van der Waals surface area contributed by atoms with Gasteiger partial charge in [0.05, 0.1) is 20.3 Å². The van der Waals surface area contributed by atoms with E-state index in [4.69, 9.17) is 9.47 Å². The molecule has 1 aromatic carbocycles. The molecule has 1 N–H and O–H groups in total.